The number of esters is 1. The molecule has 1 atom stereocenters. The van der Waals surface area contributed by atoms with Crippen LogP contribution in [-0.4, -0.2) is 49.2 Å². The molecule has 1 saturated carbocycles. The molecule has 0 amide bonds. The van der Waals surface area contributed by atoms with Crippen LogP contribution >= 0.6 is 0 Å². The third kappa shape index (κ3) is 4.58. The first kappa shape index (κ1) is 13.8. The highest BCUT2D eigenvalue weighted by atomic mass is 16.5. The zero-order valence-corrected chi connectivity index (χ0v) is 11.5. The molecule has 1 unspecified atom stereocenters. The van der Waals surface area contributed by atoms with Gasteiger partial charge in [-0.3, -0.25) is 4.79 Å². The summed E-state index contributed by atoms with van der Waals surface area (Å²) < 4.78 is 5.18. The Labute approximate surface area is 110 Å². The van der Waals surface area contributed by atoms with E-state index in [1.807, 2.05) is 6.92 Å². The Morgan fingerprint density at radius 3 is 2.50 bits per heavy atom. The van der Waals surface area contributed by atoms with E-state index >= 15 is 0 Å². The van der Waals surface area contributed by atoms with Crippen molar-refractivity contribution in [2.75, 3.05) is 26.2 Å². The zero-order valence-electron chi connectivity index (χ0n) is 11.5. The Morgan fingerprint density at radius 2 is 1.94 bits per heavy atom. The molecular weight excluding hydrogens is 228 g/mol. The van der Waals surface area contributed by atoms with E-state index in [4.69, 9.17) is 4.74 Å². The minimum absolute atomic E-state index is 0.0753. The molecular formula is C14H26N2O2. The van der Waals surface area contributed by atoms with Crippen LogP contribution in [0.5, 0.6) is 0 Å². The van der Waals surface area contributed by atoms with Crippen molar-refractivity contribution in [3.05, 3.63) is 0 Å². The first-order chi connectivity index (χ1) is 8.79. The molecule has 4 heteroatoms. The van der Waals surface area contributed by atoms with Gasteiger partial charge in [0.05, 0.1) is 6.61 Å². The fourth-order valence-corrected chi connectivity index (χ4v) is 2.55. The lowest BCUT2D eigenvalue weighted by Crippen LogP contribution is -2.48. The smallest absolute Gasteiger partial charge is 0.324 e. The highest BCUT2D eigenvalue weighted by molar-refractivity contribution is 5.76. The Hall–Kier alpha value is -0.610. The van der Waals surface area contributed by atoms with Crippen molar-refractivity contribution in [2.24, 2.45) is 0 Å². The van der Waals surface area contributed by atoms with Crippen LogP contribution in [-0.2, 0) is 9.53 Å². The van der Waals surface area contributed by atoms with Gasteiger partial charge in [0.2, 0.25) is 0 Å². The summed E-state index contributed by atoms with van der Waals surface area (Å²) in [7, 11) is 0. The fraction of sp³-hybridized carbons (Fsp3) is 0.929. The van der Waals surface area contributed by atoms with Crippen LogP contribution in [0.1, 0.15) is 45.4 Å². The number of carbonyl (C=O) groups is 1. The first-order valence-corrected chi connectivity index (χ1v) is 7.44. The van der Waals surface area contributed by atoms with E-state index in [1.54, 1.807) is 0 Å². The third-order valence-corrected chi connectivity index (χ3v) is 3.72. The van der Waals surface area contributed by atoms with Crippen LogP contribution < -0.4 is 5.32 Å². The number of ether oxygens (including phenoxy) is 1. The topological polar surface area (TPSA) is 41.6 Å². The minimum atomic E-state index is -0.129. The van der Waals surface area contributed by atoms with Gasteiger partial charge < -0.3 is 15.0 Å². The summed E-state index contributed by atoms with van der Waals surface area (Å²) in [6.07, 6.45) is 7.59. The summed E-state index contributed by atoms with van der Waals surface area (Å²) in [5.41, 5.74) is 0. The molecule has 0 radical (unpaired) electrons. The van der Waals surface area contributed by atoms with Crippen LogP contribution in [0.4, 0.5) is 0 Å². The van der Waals surface area contributed by atoms with Crippen molar-refractivity contribution in [1.29, 1.82) is 0 Å². The molecule has 1 aliphatic heterocycles. The van der Waals surface area contributed by atoms with E-state index in [9.17, 15) is 4.79 Å². The van der Waals surface area contributed by atoms with Gasteiger partial charge in [-0.25, -0.2) is 0 Å². The van der Waals surface area contributed by atoms with Gasteiger partial charge in [0.1, 0.15) is 6.04 Å². The average Bonchev–Trinajstić information content (AvgIpc) is 3.16. The highest BCUT2D eigenvalue weighted by Gasteiger charge is 2.30. The van der Waals surface area contributed by atoms with Crippen molar-refractivity contribution < 1.29 is 9.53 Å². The maximum atomic E-state index is 12.0. The van der Waals surface area contributed by atoms with Crippen molar-refractivity contribution in [3.63, 3.8) is 0 Å². The molecule has 0 aromatic heterocycles. The third-order valence-electron chi connectivity index (χ3n) is 3.72. The number of nitrogens with zero attached hydrogens (tertiary/aromatic N) is 1. The second-order valence-corrected chi connectivity index (χ2v) is 5.46. The van der Waals surface area contributed by atoms with Gasteiger partial charge in [-0.05, 0) is 45.7 Å². The Kier molecular flexibility index (Phi) is 5.45. The summed E-state index contributed by atoms with van der Waals surface area (Å²) in [5.74, 6) is -0.0753. The molecule has 2 aliphatic rings. The highest BCUT2D eigenvalue weighted by Crippen LogP contribution is 2.20. The predicted octanol–water partition coefficient (Wildman–Crippen LogP) is 1.55. The zero-order chi connectivity index (χ0) is 12.8. The average molecular weight is 254 g/mol. The fourth-order valence-electron chi connectivity index (χ4n) is 2.55. The van der Waals surface area contributed by atoms with Crippen molar-refractivity contribution in [1.82, 2.24) is 10.2 Å². The van der Waals surface area contributed by atoms with Crippen molar-refractivity contribution in [2.45, 2.75) is 57.5 Å². The molecule has 0 spiro atoms. The lowest BCUT2D eigenvalue weighted by molar-refractivity contribution is -0.146. The monoisotopic (exact) mass is 254 g/mol. The number of hydrogen-bond acceptors (Lipinski definition) is 4. The van der Waals surface area contributed by atoms with Gasteiger partial charge in [-0.1, -0.05) is 12.8 Å². The van der Waals surface area contributed by atoms with Gasteiger partial charge in [-0.15, -0.1) is 0 Å². The summed E-state index contributed by atoms with van der Waals surface area (Å²) in [6.45, 7) is 5.42. The van der Waals surface area contributed by atoms with E-state index in [-0.39, 0.29) is 12.0 Å². The van der Waals surface area contributed by atoms with E-state index < -0.39 is 0 Å². The van der Waals surface area contributed by atoms with Crippen LogP contribution in [0.3, 0.4) is 0 Å². The van der Waals surface area contributed by atoms with Crippen LogP contribution in [0.15, 0.2) is 0 Å². The Balaban J connectivity index is 1.83. The summed E-state index contributed by atoms with van der Waals surface area (Å²) >= 11 is 0. The number of likely N-dealkylation sites (tertiary alicyclic amines) is 1. The maximum Gasteiger partial charge on any atom is 0.324 e. The Bertz CT molecular complexity index is 259. The quantitative estimate of drug-likeness (QED) is 0.730. The van der Waals surface area contributed by atoms with E-state index in [0.717, 1.165) is 19.6 Å². The summed E-state index contributed by atoms with van der Waals surface area (Å²) in [4.78, 5) is 14.4. The van der Waals surface area contributed by atoms with Gasteiger partial charge in [0.15, 0.2) is 0 Å². The van der Waals surface area contributed by atoms with Gasteiger partial charge in [0, 0.05) is 12.6 Å². The predicted molar refractivity (Wildman–Crippen MR) is 71.5 cm³/mol. The molecule has 104 valence electrons. The number of carbonyl (C=O) groups excluding carboxylic acids is 1. The van der Waals surface area contributed by atoms with Crippen LogP contribution in [0.2, 0.25) is 0 Å². The van der Waals surface area contributed by atoms with E-state index in [0.29, 0.717) is 12.6 Å². The molecule has 18 heavy (non-hydrogen) atoms. The molecule has 2 fully saturated rings. The van der Waals surface area contributed by atoms with E-state index in [2.05, 4.69) is 10.2 Å². The molecule has 1 aliphatic carbocycles. The molecule has 2 rings (SSSR count). The lowest BCUT2D eigenvalue weighted by Gasteiger charge is -2.25. The largest absolute Gasteiger partial charge is 0.465 e. The lowest BCUT2D eigenvalue weighted by atomic mass is 10.2. The second kappa shape index (κ2) is 7.10. The Morgan fingerprint density at radius 1 is 1.28 bits per heavy atom. The molecule has 1 heterocycles. The molecule has 0 aromatic rings. The minimum Gasteiger partial charge on any atom is -0.465 e. The van der Waals surface area contributed by atoms with Gasteiger partial charge in [-0.2, -0.15) is 0 Å². The van der Waals surface area contributed by atoms with Crippen molar-refractivity contribution in [3.8, 4) is 0 Å². The van der Waals surface area contributed by atoms with E-state index in [1.165, 1.54) is 38.5 Å². The van der Waals surface area contributed by atoms with Crippen LogP contribution in [0.25, 0.3) is 0 Å². The molecule has 0 bridgehead atoms. The van der Waals surface area contributed by atoms with Crippen molar-refractivity contribution >= 4 is 5.97 Å². The first-order valence-electron chi connectivity index (χ1n) is 7.44. The molecule has 0 aromatic carbocycles. The van der Waals surface area contributed by atoms with Gasteiger partial charge >= 0.3 is 5.97 Å². The SMILES string of the molecule is CCOC(=O)C(CN1CCCCCC1)NC1CC1. The normalized spacial score (nSPS) is 23.4. The summed E-state index contributed by atoms with van der Waals surface area (Å²) in [6, 6.07) is 0.418. The standard InChI is InChI=1S/C14H26N2O2/c1-2-18-14(17)13(15-12-7-8-12)11-16-9-5-3-4-6-10-16/h12-13,15H,2-11H2,1H3. The number of nitrogens with one attached hydrogen (secondary N) is 1. The number of hydrogen-bond donors (Lipinski definition) is 1. The number of rotatable bonds is 6. The van der Waals surface area contributed by atoms with Crippen LogP contribution in [0, 0.1) is 0 Å². The maximum absolute atomic E-state index is 12.0. The van der Waals surface area contributed by atoms with Gasteiger partial charge in [0.25, 0.3) is 0 Å². The molecule has 1 saturated heterocycles. The molecule has 1 N–H and O–H groups in total. The molecule has 4 nitrogen and oxygen atoms in total. The summed E-state index contributed by atoms with van der Waals surface area (Å²) in [5, 5.41) is 3.43. The second-order valence-electron chi connectivity index (χ2n) is 5.46.